The van der Waals surface area contributed by atoms with E-state index >= 15 is 0 Å². The van der Waals surface area contributed by atoms with Crippen LogP contribution >= 0.6 is 0 Å². The van der Waals surface area contributed by atoms with Gasteiger partial charge in [-0.3, -0.25) is 0 Å². The number of nitrogens with one attached hydrogen (secondary N) is 1. The summed E-state index contributed by atoms with van der Waals surface area (Å²) in [5.74, 6) is 1.04. The predicted molar refractivity (Wildman–Crippen MR) is 54.3 cm³/mol. The fraction of sp³-hybridized carbons (Fsp3) is 1.00. The second-order valence-electron chi connectivity index (χ2n) is 4.16. The van der Waals surface area contributed by atoms with Crippen molar-refractivity contribution >= 4 is 0 Å². The minimum atomic E-state index is 0.830. The molecule has 1 heteroatoms. The molecule has 0 aromatic carbocycles. The Kier molecular flexibility index (Phi) is 4.67. The van der Waals surface area contributed by atoms with E-state index in [0.29, 0.717) is 0 Å². The topological polar surface area (TPSA) is 12.0 Å². The van der Waals surface area contributed by atoms with E-state index in [9.17, 15) is 0 Å². The summed E-state index contributed by atoms with van der Waals surface area (Å²) in [5.41, 5.74) is 0. The molecule has 0 aliphatic heterocycles. The number of unbranched alkanes of at least 4 members (excludes halogenated alkanes) is 2. The highest BCUT2D eigenvalue weighted by Gasteiger charge is 2.22. The zero-order valence-electron chi connectivity index (χ0n) is 8.60. The summed E-state index contributed by atoms with van der Waals surface area (Å²) in [6.45, 7) is 2.28. The van der Waals surface area contributed by atoms with Gasteiger partial charge in [-0.05, 0) is 32.2 Å². The Balaban J connectivity index is 2.03. The molecule has 1 saturated carbocycles. The summed E-state index contributed by atoms with van der Waals surface area (Å²) in [7, 11) is 2.10. The van der Waals surface area contributed by atoms with Gasteiger partial charge in [-0.25, -0.2) is 0 Å². The van der Waals surface area contributed by atoms with E-state index < -0.39 is 0 Å². The van der Waals surface area contributed by atoms with Crippen LogP contribution in [0, 0.1) is 5.92 Å². The lowest BCUT2D eigenvalue weighted by Gasteiger charge is -2.09. The van der Waals surface area contributed by atoms with Crippen LogP contribution in [-0.4, -0.2) is 13.1 Å². The molecular formula is C11H23N. The second kappa shape index (κ2) is 5.58. The average Bonchev–Trinajstić information content (AvgIpc) is 2.53. The fourth-order valence-electron chi connectivity index (χ4n) is 2.28. The van der Waals surface area contributed by atoms with Crippen molar-refractivity contribution in [2.75, 3.05) is 7.05 Å². The first kappa shape index (κ1) is 10.0. The third-order valence-electron chi connectivity index (χ3n) is 3.17. The average molecular weight is 169 g/mol. The normalized spacial score (nSPS) is 29.5. The van der Waals surface area contributed by atoms with Gasteiger partial charge in [-0.2, -0.15) is 0 Å². The van der Waals surface area contributed by atoms with Crippen molar-refractivity contribution in [1.29, 1.82) is 0 Å². The van der Waals surface area contributed by atoms with Crippen molar-refractivity contribution < 1.29 is 0 Å². The predicted octanol–water partition coefficient (Wildman–Crippen LogP) is 2.95. The Hall–Kier alpha value is -0.0400. The van der Waals surface area contributed by atoms with E-state index in [1.165, 1.54) is 44.9 Å². The monoisotopic (exact) mass is 169 g/mol. The van der Waals surface area contributed by atoms with Crippen LogP contribution in [0.15, 0.2) is 0 Å². The standard InChI is InChI=1S/C11H23N/c1-3-4-5-6-10-7-8-11(9-10)12-2/h10-12H,3-9H2,1-2H3. The Labute approximate surface area is 76.9 Å². The van der Waals surface area contributed by atoms with E-state index in [0.717, 1.165) is 12.0 Å². The molecule has 1 aliphatic rings. The SMILES string of the molecule is CCCCCC1CCC(NC)C1. The van der Waals surface area contributed by atoms with Crippen molar-refractivity contribution in [3.63, 3.8) is 0 Å². The molecule has 1 aliphatic carbocycles. The van der Waals surface area contributed by atoms with Gasteiger partial charge in [0, 0.05) is 6.04 Å². The molecule has 0 spiro atoms. The van der Waals surface area contributed by atoms with Crippen molar-refractivity contribution in [1.82, 2.24) is 5.32 Å². The van der Waals surface area contributed by atoms with Gasteiger partial charge in [0.25, 0.3) is 0 Å². The Morgan fingerprint density at radius 1 is 1.25 bits per heavy atom. The first-order valence-electron chi connectivity index (χ1n) is 5.54. The maximum Gasteiger partial charge on any atom is 0.00668 e. The summed E-state index contributed by atoms with van der Waals surface area (Å²) in [5, 5.41) is 3.38. The first-order chi connectivity index (χ1) is 5.86. The van der Waals surface area contributed by atoms with Crippen LogP contribution in [0.25, 0.3) is 0 Å². The molecule has 0 radical (unpaired) electrons. The number of hydrogen-bond acceptors (Lipinski definition) is 1. The Bertz CT molecular complexity index is 112. The summed E-state index contributed by atoms with van der Waals surface area (Å²) in [4.78, 5) is 0. The van der Waals surface area contributed by atoms with Gasteiger partial charge in [0.15, 0.2) is 0 Å². The van der Waals surface area contributed by atoms with Crippen LogP contribution in [0.5, 0.6) is 0 Å². The van der Waals surface area contributed by atoms with Crippen LogP contribution in [-0.2, 0) is 0 Å². The van der Waals surface area contributed by atoms with Crippen LogP contribution in [0.4, 0.5) is 0 Å². The largest absolute Gasteiger partial charge is 0.317 e. The number of hydrogen-bond donors (Lipinski definition) is 1. The zero-order valence-corrected chi connectivity index (χ0v) is 8.60. The van der Waals surface area contributed by atoms with Crippen LogP contribution in [0.1, 0.15) is 51.9 Å². The minimum Gasteiger partial charge on any atom is -0.317 e. The molecule has 0 heterocycles. The highest BCUT2D eigenvalue weighted by Crippen LogP contribution is 2.29. The lowest BCUT2D eigenvalue weighted by Crippen LogP contribution is -2.21. The van der Waals surface area contributed by atoms with Gasteiger partial charge < -0.3 is 5.32 Å². The van der Waals surface area contributed by atoms with E-state index in [2.05, 4.69) is 19.3 Å². The second-order valence-corrected chi connectivity index (χ2v) is 4.16. The Morgan fingerprint density at radius 3 is 2.67 bits per heavy atom. The molecule has 2 atom stereocenters. The molecule has 0 amide bonds. The lowest BCUT2D eigenvalue weighted by atomic mass is 10.00. The first-order valence-corrected chi connectivity index (χ1v) is 5.54. The van der Waals surface area contributed by atoms with Crippen LogP contribution < -0.4 is 5.32 Å². The highest BCUT2D eigenvalue weighted by atomic mass is 14.9. The molecule has 2 unspecified atom stereocenters. The van der Waals surface area contributed by atoms with Crippen molar-refractivity contribution in [3.8, 4) is 0 Å². The maximum atomic E-state index is 3.38. The van der Waals surface area contributed by atoms with Crippen molar-refractivity contribution in [2.24, 2.45) is 5.92 Å². The third kappa shape index (κ3) is 3.14. The quantitative estimate of drug-likeness (QED) is 0.624. The van der Waals surface area contributed by atoms with E-state index in [4.69, 9.17) is 0 Å². The Morgan fingerprint density at radius 2 is 2.08 bits per heavy atom. The zero-order chi connectivity index (χ0) is 8.81. The van der Waals surface area contributed by atoms with Crippen LogP contribution in [0.3, 0.4) is 0 Å². The summed E-state index contributed by atoms with van der Waals surface area (Å²) < 4.78 is 0. The van der Waals surface area contributed by atoms with Gasteiger partial charge in [-0.1, -0.05) is 32.6 Å². The van der Waals surface area contributed by atoms with Gasteiger partial charge >= 0.3 is 0 Å². The molecule has 12 heavy (non-hydrogen) atoms. The third-order valence-corrected chi connectivity index (χ3v) is 3.17. The lowest BCUT2D eigenvalue weighted by molar-refractivity contribution is 0.455. The van der Waals surface area contributed by atoms with E-state index in [1.54, 1.807) is 0 Å². The van der Waals surface area contributed by atoms with E-state index in [-0.39, 0.29) is 0 Å². The van der Waals surface area contributed by atoms with E-state index in [1.807, 2.05) is 0 Å². The molecule has 0 aromatic rings. The summed E-state index contributed by atoms with van der Waals surface area (Å²) in [6.07, 6.45) is 10.0. The minimum absolute atomic E-state index is 0.830. The molecule has 1 rings (SSSR count). The van der Waals surface area contributed by atoms with Gasteiger partial charge in [0.05, 0.1) is 0 Å². The summed E-state index contributed by atoms with van der Waals surface area (Å²) >= 11 is 0. The van der Waals surface area contributed by atoms with Gasteiger partial charge in [0.1, 0.15) is 0 Å². The molecular weight excluding hydrogens is 146 g/mol. The van der Waals surface area contributed by atoms with Crippen LogP contribution in [0.2, 0.25) is 0 Å². The molecule has 0 saturated heterocycles. The fourth-order valence-corrected chi connectivity index (χ4v) is 2.28. The maximum absolute atomic E-state index is 3.38. The highest BCUT2D eigenvalue weighted by molar-refractivity contribution is 4.79. The molecule has 0 aromatic heterocycles. The summed E-state index contributed by atoms with van der Waals surface area (Å²) in [6, 6.07) is 0.830. The molecule has 0 bridgehead atoms. The number of rotatable bonds is 5. The van der Waals surface area contributed by atoms with Crippen molar-refractivity contribution in [2.45, 2.75) is 57.9 Å². The molecule has 1 N–H and O–H groups in total. The van der Waals surface area contributed by atoms with Gasteiger partial charge in [0.2, 0.25) is 0 Å². The molecule has 72 valence electrons. The molecule has 1 nitrogen and oxygen atoms in total. The smallest absolute Gasteiger partial charge is 0.00668 e. The van der Waals surface area contributed by atoms with Crippen molar-refractivity contribution in [3.05, 3.63) is 0 Å². The molecule has 1 fully saturated rings. The van der Waals surface area contributed by atoms with Gasteiger partial charge in [-0.15, -0.1) is 0 Å².